The molecular formula is C16H22O4. The van der Waals surface area contributed by atoms with E-state index in [4.69, 9.17) is 9.47 Å². The summed E-state index contributed by atoms with van der Waals surface area (Å²) in [6.45, 7) is 6.45. The lowest BCUT2D eigenvalue weighted by Crippen LogP contribution is -2.14. The second-order valence-corrected chi connectivity index (χ2v) is 4.63. The van der Waals surface area contributed by atoms with E-state index >= 15 is 0 Å². The molecule has 0 aliphatic carbocycles. The zero-order valence-electron chi connectivity index (χ0n) is 12.4. The smallest absolute Gasteiger partial charge is 0.338 e. The molecule has 20 heavy (non-hydrogen) atoms. The molecule has 0 aliphatic rings. The minimum atomic E-state index is -0.399. The van der Waals surface area contributed by atoms with Crippen LogP contribution in [0.2, 0.25) is 0 Å². The van der Waals surface area contributed by atoms with Gasteiger partial charge in [0.15, 0.2) is 0 Å². The van der Waals surface area contributed by atoms with Gasteiger partial charge in [0.25, 0.3) is 0 Å². The van der Waals surface area contributed by atoms with E-state index in [0.717, 1.165) is 18.4 Å². The molecule has 110 valence electrons. The maximum Gasteiger partial charge on any atom is 0.338 e. The van der Waals surface area contributed by atoms with Crippen molar-refractivity contribution in [1.82, 2.24) is 0 Å². The molecule has 0 fully saturated rings. The first kappa shape index (κ1) is 16.2. The van der Waals surface area contributed by atoms with Crippen LogP contribution in [0.15, 0.2) is 18.2 Å². The van der Waals surface area contributed by atoms with Crippen LogP contribution in [-0.4, -0.2) is 25.2 Å². The van der Waals surface area contributed by atoms with Crippen molar-refractivity contribution in [3.05, 3.63) is 34.9 Å². The van der Waals surface area contributed by atoms with Gasteiger partial charge in [-0.1, -0.05) is 31.0 Å². The lowest BCUT2D eigenvalue weighted by molar-refractivity contribution is -0.142. The summed E-state index contributed by atoms with van der Waals surface area (Å²) in [6.07, 6.45) is 1.93. The average Bonchev–Trinajstić information content (AvgIpc) is 2.39. The third-order valence-electron chi connectivity index (χ3n) is 2.85. The summed E-state index contributed by atoms with van der Waals surface area (Å²) in [4.78, 5) is 23.6. The molecule has 0 bridgehead atoms. The molecule has 4 heteroatoms. The highest BCUT2D eigenvalue weighted by Gasteiger charge is 2.15. The number of aryl methyl sites for hydroxylation is 1. The molecule has 0 saturated carbocycles. The van der Waals surface area contributed by atoms with Crippen LogP contribution in [-0.2, 0) is 20.7 Å². The van der Waals surface area contributed by atoms with Gasteiger partial charge in [0.2, 0.25) is 0 Å². The Morgan fingerprint density at radius 2 is 1.90 bits per heavy atom. The summed E-state index contributed by atoms with van der Waals surface area (Å²) >= 11 is 0. The molecule has 1 aromatic carbocycles. The summed E-state index contributed by atoms with van der Waals surface area (Å²) in [5, 5.41) is 0. The second kappa shape index (κ2) is 8.35. The number of carbonyl (C=O) groups is 2. The Labute approximate surface area is 120 Å². The van der Waals surface area contributed by atoms with E-state index in [2.05, 4.69) is 0 Å². The molecule has 0 heterocycles. The Balaban J connectivity index is 2.79. The van der Waals surface area contributed by atoms with Crippen LogP contribution in [0.4, 0.5) is 0 Å². The predicted molar refractivity (Wildman–Crippen MR) is 76.7 cm³/mol. The molecule has 0 atom stereocenters. The van der Waals surface area contributed by atoms with Crippen LogP contribution in [0, 0.1) is 6.92 Å². The first-order chi connectivity index (χ1) is 9.58. The van der Waals surface area contributed by atoms with Gasteiger partial charge in [0.05, 0.1) is 25.2 Å². The zero-order chi connectivity index (χ0) is 15.0. The van der Waals surface area contributed by atoms with Gasteiger partial charge in [0.1, 0.15) is 0 Å². The number of rotatable bonds is 7. The SMILES string of the molecule is CCCCOC(=O)Cc1cc(C)ccc1C(=O)OCC. The van der Waals surface area contributed by atoms with Crippen LogP contribution in [0.3, 0.4) is 0 Å². The summed E-state index contributed by atoms with van der Waals surface area (Å²) in [5.41, 5.74) is 2.09. The van der Waals surface area contributed by atoms with Gasteiger partial charge in [0, 0.05) is 0 Å². The van der Waals surface area contributed by atoms with Crippen LogP contribution in [0.1, 0.15) is 48.2 Å². The first-order valence-corrected chi connectivity index (χ1v) is 7.00. The standard InChI is InChI=1S/C16H22O4/c1-4-6-9-20-15(17)11-13-10-12(3)7-8-14(13)16(18)19-5-2/h7-8,10H,4-6,9,11H2,1-3H3. The predicted octanol–water partition coefficient (Wildman–Crippen LogP) is 3.06. The highest BCUT2D eigenvalue weighted by atomic mass is 16.5. The number of hydrogen-bond donors (Lipinski definition) is 0. The molecule has 0 spiro atoms. The fourth-order valence-corrected chi connectivity index (χ4v) is 1.81. The van der Waals surface area contributed by atoms with Gasteiger partial charge < -0.3 is 9.47 Å². The topological polar surface area (TPSA) is 52.6 Å². The summed E-state index contributed by atoms with van der Waals surface area (Å²) in [5.74, 6) is -0.710. The third kappa shape index (κ3) is 5.03. The van der Waals surface area contributed by atoms with E-state index in [1.54, 1.807) is 13.0 Å². The van der Waals surface area contributed by atoms with E-state index in [-0.39, 0.29) is 12.4 Å². The molecule has 0 saturated heterocycles. The number of carbonyl (C=O) groups excluding carboxylic acids is 2. The molecule has 0 N–H and O–H groups in total. The average molecular weight is 278 g/mol. The molecule has 1 rings (SSSR count). The van der Waals surface area contributed by atoms with Crippen LogP contribution in [0.25, 0.3) is 0 Å². The van der Waals surface area contributed by atoms with Crippen molar-refractivity contribution in [1.29, 1.82) is 0 Å². The van der Waals surface area contributed by atoms with Gasteiger partial charge in [-0.15, -0.1) is 0 Å². The third-order valence-corrected chi connectivity index (χ3v) is 2.85. The molecule has 0 unspecified atom stereocenters. The van der Waals surface area contributed by atoms with Crippen molar-refractivity contribution < 1.29 is 19.1 Å². The normalized spacial score (nSPS) is 10.2. The molecule has 0 aromatic heterocycles. The van der Waals surface area contributed by atoms with Gasteiger partial charge in [-0.3, -0.25) is 4.79 Å². The van der Waals surface area contributed by atoms with Gasteiger partial charge in [-0.25, -0.2) is 4.79 Å². The van der Waals surface area contributed by atoms with Crippen LogP contribution in [0.5, 0.6) is 0 Å². The van der Waals surface area contributed by atoms with Gasteiger partial charge in [-0.05, 0) is 31.9 Å². The Morgan fingerprint density at radius 1 is 1.15 bits per heavy atom. The number of hydrogen-bond acceptors (Lipinski definition) is 4. The number of benzene rings is 1. The van der Waals surface area contributed by atoms with E-state index in [1.165, 1.54) is 0 Å². The Morgan fingerprint density at radius 3 is 2.55 bits per heavy atom. The molecular weight excluding hydrogens is 256 g/mol. The Kier molecular flexibility index (Phi) is 6.77. The van der Waals surface area contributed by atoms with Crippen molar-refractivity contribution in [3.63, 3.8) is 0 Å². The fourth-order valence-electron chi connectivity index (χ4n) is 1.81. The molecule has 0 radical (unpaired) electrons. The number of ether oxygens (including phenoxy) is 2. The van der Waals surface area contributed by atoms with Crippen molar-refractivity contribution in [3.8, 4) is 0 Å². The molecule has 0 aliphatic heterocycles. The summed E-state index contributed by atoms with van der Waals surface area (Å²) in [7, 11) is 0. The number of esters is 2. The van der Waals surface area contributed by atoms with Crippen molar-refractivity contribution in [2.75, 3.05) is 13.2 Å². The van der Waals surface area contributed by atoms with E-state index in [0.29, 0.717) is 24.3 Å². The van der Waals surface area contributed by atoms with Gasteiger partial charge >= 0.3 is 11.9 Å². The monoisotopic (exact) mass is 278 g/mol. The maximum atomic E-state index is 11.8. The zero-order valence-corrected chi connectivity index (χ0v) is 12.4. The fraction of sp³-hybridized carbons (Fsp3) is 0.500. The van der Waals surface area contributed by atoms with E-state index < -0.39 is 5.97 Å². The lowest BCUT2D eigenvalue weighted by Gasteiger charge is -2.10. The quantitative estimate of drug-likeness (QED) is 0.568. The van der Waals surface area contributed by atoms with Gasteiger partial charge in [-0.2, -0.15) is 0 Å². The maximum absolute atomic E-state index is 11.8. The number of unbranched alkanes of at least 4 members (excludes halogenated alkanes) is 1. The van der Waals surface area contributed by atoms with Crippen LogP contribution < -0.4 is 0 Å². The van der Waals surface area contributed by atoms with E-state index in [9.17, 15) is 9.59 Å². The van der Waals surface area contributed by atoms with E-state index in [1.807, 2.05) is 26.0 Å². The summed E-state index contributed by atoms with van der Waals surface area (Å²) < 4.78 is 10.1. The largest absolute Gasteiger partial charge is 0.465 e. The molecule has 1 aromatic rings. The second-order valence-electron chi connectivity index (χ2n) is 4.63. The minimum Gasteiger partial charge on any atom is -0.465 e. The molecule has 0 amide bonds. The molecule has 4 nitrogen and oxygen atoms in total. The first-order valence-electron chi connectivity index (χ1n) is 7.00. The minimum absolute atomic E-state index is 0.0968. The lowest BCUT2D eigenvalue weighted by atomic mass is 10.0. The Bertz CT molecular complexity index is 466. The Hall–Kier alpha value is -1.84. The van der Waals surface area contributed by atoms with Crippen molar-refractivity contribution in [2.45, 2.75) is 40.0 Å². The van der Waals surface area contributed by atoms with Crippen LogP contribution >= 0.6 is 0 Å². The highest BCUT2D eigenvalue weighted by molar-refractivity contribution is 5.92. The van der Waals surface area contributed by atoms with Crippen molar-refractivity contribution >= 4 is 11.9 Å². The highest BCUT2D eigenvalue weighted by Crippen LogP contribution is 2.15. The summed E-state index contributed by atoms with van der Waals surface area (Å²) in [6, 6.07) is 5.35. The van der Waals surface area contributed by atoms with Crippen molar-refractivity contribution in [2.24, 2.45) is 0 Å².